The fourth-order valence-electron chi connectivity index (χ4n) is 3.73. The molecule has 0 aromatic heterocycles. The summed E-state index contributed by atoms with van der Waals surface area (Å²) in [6, 6.07) is 0.586. The monoisotopic (exact) mass is 239 g/mol. The summed E-state index contributed by atoms with van der Waals surface area (Å²) in [6.45, 7) is 8.48. The summed E-state index contributed by atoms with van der Waals surface area (Å²) in [7, 11) is 0. The lowest BCUT2D eigenvalue weighted by Crippen LogP contribution is -2.46. The lowest BCUT2D eigenvalue weighted by atomic mass is 9.72. The largest absolute Gasteiger partial charge is 0.481 e. The summed E-state index contributed by atoms with van der Waals surface area (Å²) in [5.74, 6) is -0.480. The molecule has 0 aromatic carbocycles. The van der Waals surface area contributed by atoms with Crippen LogP contribution in [0.5, 0.6) is 0 Å². The average Bonchev–Trinajstić information content (AvgIpc) is 2.59. The van der Waals surface area contributed by atoms with Gasteiger partial charge in [-0.25, -0.2) is 0 Å². The third-order valence-electron chi connectivity index (χ3n) is 4.85. The molecule has 3 unspecified atom stereocenters. The molecule has 0 spiro atoms. The number of aliphatic carboxylic acids is 1. The average molecular weight is 239 g/mol. The van der Waals surface area contributed by atoms with Gasteiger partial charge in [-0.15, -0.1) is 0 Å². The summed E-state index contributed by atoms with van der Waals surface area (Å²) in [5, 5.41) is 9.20. The molecule has 1 aliphatic carbocycles. The zero-order chi connectivity index (χ0) is 12.6. The third-order valence-corrected chi connectivity index (χ3v) is 4.85. The number of likely N-dealkylation sites (tertiary alicyclic amines) is 1. The molecule has 17 heavy (non-hydrogen) atoms. The molecule has 0 amide bonds. The molecule has 3 nitrogen and oxygen atoms in total. The van der Waals surface area contributed by atoms with Crippen LogP contribution in [0.25, 0.3) is 0 Å². The molecule has 0 aromatic rings. The molecule has 2 rings (SSSR count). The molecule has 1 saturated heterocycles. The van der Waals surface area contributed by atoms with E-state index in [9.17, 15) is 9.90 Å². The van der Waals surface area contributed by atoms with Gasteiger partial charge in [0, 0.05) is 19.1 Å². The zero-order valence-electron chi connectivity index (χ0n) is 11.3. The Morgan fingerprint density at radius 3 is 2.53 bits per heavy atom. The molecule has 1 aliphatic heterocycles. The van der Waals surface area contributed by atoms with Crippen molar-refractivity contribution in [2.45, 2.75) is 52.5 Å². The van der Waals surface area contributed by atoms with Crippen LogP contribution in [0.15, 0.2) is 0 Å². The highest BCUT2D eigenvalue weighted by Gasteiger charge is 2.43. The molecule has 2 fully saturated rings. The molecule has 0 radical (unpaired) electrons. The first-order valence-electron chi connectivity index (χ1n) is 6.88. The Hall–Kier alpha value is -0.570. The van der Waals surface area contributed by atoms with E-state index >= 15 is 0 Å². The van der Waals surface area contributed by atoms with Crippen LogP contribution in [0, 0.1) is 17.3 Å². The van der Waals surface area contributed by atoms with Crippen molar-refractivity contribution in [1.29, 1.82) is 0 Å². The molecule has 0 bridgehead atoms. The molecular weight excluding hydrogens is 214 g/mol. The van der Waals surface area contributed by atoms with Crippen LogP contribution in [-0.4, -0.2) is 35.1 Å². The maximum atomic E-state index is 11.2. The van der Waals surface area contributed by atoms with Crippen LogP contribution in [0.1, 0.15) is 46.5 Å². The first-order valence-corrected chi connectivity index (χ1v) is 6.88. The number of carboxylic acids is 1. The molecule has 3 heteroatoms. The van der Waals surface area contributed by atoms with Gasteiger partial charge < -0.3 is 5.11 Å². The van der Waals surface area contributed by atoms with Gasteiger partial charge in [0.05, 0.1) is 5.92 Å². The SMILES string of the molecule is CC1CN(C2CCCCC2(C)C)CC1C(=O)O. The van der Waals surface area contributed by atoms with Crippen LogP contribution in [-0.2, 0) is 4.79 Å². The van der Waals surface area contributed by atoms with Crippen molar-refractivity contribution in [2.24, 2.45) is 17.3 Å². The zero-order valence-corrected chi connectivity index (χ0v) is 11.3. The Morgan fingerprint density at radius 2 is 2.00 bits per heavy atom. The van der Waals surface area contributed by atoms with E-state index in [1.165, 1.54) is 25.7 Å². The standard InChI is InChI=1S/C14H25NO2/c1-10-8-15(9-11(10)13(16)17)12-6-4-5-7-14(12,2)3/h10-12H,4-9H2,1-3H3,(H,16,17). The van der Waals surface area contributed by atoms with E-state index in [1.807, 2.05) is 0 Å². The van der Waals surface area contributed by atoms with Gasteiger partial charge >= 0.3 is 5.97 Å². The van der Waals surface area contributed by atoms with E-state index < -0.39 is 5.97 Å². The topological polar surface area (TPSA) is 40.5 Å². The van der Waals surface area contributed by atoms with Crippen molar-refractivity contribution in [3.05, 3.63) is 0 Å². The Morgan fingerprint density at radius 1 is 1.29 bits per heavy atom. The number of carbonyl (C=O) groups is 1. The van der Waals surface area contributed by atoms with Crippen molar-refractivity contribution >= 4 is 5.97 Å². The van der Waals surface area contributed by atoms with Crippen molar-refractivity contribution in [3.63, 3.8) is 0 Å². The Kier molecular flexibility index (Phi) is 3.48. The summed E-state index contributed by atoms with van der Waals surface area (Å²) in [6.07, 6.45) is 5.15. The van der Waals surface area contributed by atoms with Crippen molar-refractivity contribution < 1.29 is 9.90 Å². The second-order valence-corrected chi connectivity index (χ2v) is 6.63. The predicted molar refractivity (Wildman–Crippen MR) is 67.9 cm³/mol. The van der Waals surface area contributed by atoms with Crippen molar-refractivity contribution in [2.75, 3.05) is 13.1 Å². The van der Waals surface area contributed by atoms with Crippen LogP contribution in [0.4, 0.5) is 0 Å². The van der Waals surface area contributed by atoms with E-state index in [1.54, 1.807) is 0 Å². The highest BCUT2D eigenvalue weighted by Crippen LogP contribution is 2.41. The van der Waals surface area contributed by atoms with E-state index in [0.717, 1.165) is 13.1 Å². The minimum absolute atomic E-state index is 0.160. The predicted octanol–water partition coefficient (Wildman–Crippen LogP) is 2.61. The summed E-state index contributed by atoms with van der Waals surface area (Å²) in [4.78, 5) is 13.6. The fraction of sp³-hybridized carbons (Fsp3) is 0.929. The van der Waals surface area contributed by atoms with Gasteiger partial charge in [0.25, 0.3) is 0 Å². The van der Waals surface area contributed by atoms with Gasteiger partial charge in [-0.2, -0.15) is 0 Å². The van der Waals surface area contributed by atoms with Crippen LogP contribution in [0.3, 0.4) is 0 Å². The minimum Gasteiger partial charge on any atom is -0.481 e. The maximum absolute atomic E-state index is 11.2. The quantitative estimate of drug-likeness (QED) is 0.805. The summed E-state index contributed by atoms with van der Waals surface area (Å²) in [5.41, 5.74) is 0.353. The van der Waals surface area contributed by atoms with E-state index in [-0.39, 0.29) is 5.92 Å². The molecule has 1 saturated carbocycles. The van der Waals surface area contributed by atoms with Crippen LogP contribution in [0.2, 0.25) is 0 Å². The van der Waals surface area contributed by atoms with E-state index in [0.29, 0.717) is 17.4 Å². The van der Waals surface area contributed by atoms with Crippen LogP contribution >= 0.6 is 0 Å². The van der Waals surface area contributed by atoms with E-state index in [4.69, 9.17) is 0 Å². The highest BCUT2D eigenvalue weighted by molar-refractivity contribution is 5.71. The normalized spacial score (nSPS) is 38.2. The highest BCUT2D eigenvalue weighted by atomic mass is 16.4. The smallest absolute Gasteiger partial charge is 0.308 e. The summed E-state index contributed by atoms with van der Waals surface area (Å²) < 4.78 is 0. The lowest BCUT2D eigenvalue weighted by Gasteiger charge is -2.44. The Bertz CT molecular complexity index is 301. The molecule has 98 valence electrons. The molecule has 1 N–H and O–H groups in total. The Labute approximate surface area is 104 Å². The first kappa shape index (κ1) is 12.9. The van der Waals surface area contributed by atoms with E-state index in [2.05, 4.69) is 25.7 Å². The van der Waals surface area contributed by atoms with Crippen LogP contribution < -0.4 is 0 Å². The maximum Gasteiger partial charge on any atom is 0.308 e. The van der Waals surface area contributed by atoms with Gasteiger partial charge in [0.1, 0.15) is 0 Å². The Balaban J connectivity index is 2.06. The molecule has 2 aliphatic rings. The van der Waals surface area contributed by atoms with Gasteiger partial charge in [-0.1, -0.05) is 33.6 Å². The van der Waals surface area contributed by atoms with Gasteiger partial charge in [-0.05, 0) is 24.2 Å². The number of rotatable bonds is 2. The third kappa shape index (κ3) is 2.49. The summed E-state index contributed by atoms with van der Waals surface area (Å²) >= 11 is 0. The van der Waals surface area contributed by atoms with Gasteiger partial charge in [0.15, 0.2) is 0 Å². The second-order valence-electron chi connectivity index (χ2n) is 6.63. The van der Waals surface area contributed by atoms with Crippen molar-refractivity contribution in [3.8, 4) is 0 Å². The number of hydrogen-bond acceptors (Lipinski definition) is 2. The fourth-order valence-corrected chi connectivity index (χ4v) is 3.73. The van der Waals surface area contributed by atoms with Gasteiger partial charge in [0.2, 0.25) is 0 Å². The molecule has 3 atom stereocenters. The first-order chi connectivity index (χ1) is 7.92. The number of carboxylic acid groups (broad SMARTS) is 1. The molecule has 1 heterocycles. The number of nitrogens with zero attached hydrogens (tertiary/aromatic N) is 1. The second kappa shape index (κ2) is 4.60. The molecular formula is C14H25NO2. The van der Waals surface area contributed by atoms with Gasteiger partial charge in [-0.3, -0.25) is 9.69 Å². The lowest BCUT2D eigenvalue weighted by molar-refractivity contribution is -0.142. The minimum atomic E-state index is -0.617. The van der Waals surface area contributed by atoms with Crippen molar-refractivity contribution in [1.82, 2.24) is 4.90 Å². The number of hydrogen-bond donors (Lipinski definition) is 1.